The Bertz CT molecular complexity index is 409. The van der Waals surface area contributed by atoms with Crippen molar-refractivity contribution in [3.8, 4) is 0 Å². The average molecular weight is 233 g/mol. The molecule has 4 nitrogen and oxygen atoms in total. The summed E-state index contributed by atoms with van der Waals surface area (Å²) in [5.74, 6) is 0.525. The summed E-state index contributed by atoms with van der Waals surface area (Å²) in [4.78, 5) is 18.3. The van der Waals surface area contributed by atoms with Crippen LogP contribution < -0.4 is 5.73 Å². The summed E-state index contributed by atoms with van der Waals surface area (Å²) in [7, 11) is 0. The third-order valence-corrected chi connectivity index (χ3v) is 3.22. The van der Waals surface area contributed by atoms with Gasteiger partial charge in [0.1, 0.15) is 0 Å². The van der Waals surface area contributed by atoms with Gasteiger partial charge in [-0.3, -0.25) is 9.78 Å². The lowest BCUT2D eigenvalue weighted by molar-refractivity contribution is 0.0659. The maximum Gasteiger partial charge on any atom is 0.255 e. The summed E-state index contributed by atoms with van der Waals surface area (Å²) in [6.07, 6.45) is 2.70. The van der Waals surface area contributed by atoms with Gasteiger partial charge in [-0.2, -0.15) is 0 Å². The number of carbonyl (C=O) groups excluding carboxylic acids is 1. The molecule has 0 saturated carbocycles. The van der Waals surface area contributed by atoms with Crippen molar-refractivity contribution in [2.24, 2.45) is 11.7 Å². The van der Waals surface area contributed by atoms with Gasteiger partial charge in [0.05, 0.1) is 5.56 Å². The quantitative estimate of drug-likeness (QED) is 0.793. The van der Waals surface area contributed by atoms with E-state index >= 15 is 0 Å². The highest BCUT2D eigenvalue weighted by Crippen LogP contribution is 2.18. The van der Waals surface area contributed by atoms with Gasteiger partial charge in [0, 0.05) is 31.0 Å². The Morgan fingerprint density at radius 3 is 2.94 bits per heavy atom. The fraction of sp³-hybridized carbons (Fsp3) is 0.538. The number of nitrogens with two attached hydrogens (primary N) is 1. The van der Waals surface area contributed by atoms with E-state index in [0.717, 1.165) is 18.7 Å². The molecule has 2 N–H and O–H groups in total. The minimum Gasteiger partial charge on any atom is -0.337 e. The fourth-order valence-electron chi connectivity index (χ4n) is 2.45. The van der Waals surface area contributed by atoms with E-state index in [0.29, 0.717) is 18.0 Å². The second-order valence-electron chi connectivity index (χ2n) is 4.95. The summed E-state index contributed by atoms with van der Waals surface area (Å²) in [5, 5.41) is 0. The number of rotatable bonds is 1. The summed E-state index contributed by atoms with van der Waals surface area (Å²) in [5.41, 5.74) is 7.43. The van der Waals surface area contributed by atoms with Crippen LogP contribution in [0.2, 0.25) is 0 Å². The molecule has 1 aromatic rings. The fourth-order valence-corrected chi connectivity index (χ4v) is 2.45. The highest BCUT2D eigenvalue weighted by molar-refractivity contribution is 5.95. The molecule has 0 aliphatic carbocycles. The van der Waals surface area contributed by atoms with Crippen LogP contribution >= 0.6 is 0 Å². The minimum atomic E-state index is 0.0533. The molecule has 2 unspecified atom stereocenters. The summed E-state index contributed by atoms with van der Waals surface area (Å²) in [6.45, 7) is 5.44. The number of likely N-dealkylation sites (tertiary alicyclic amines) is 1. The molecular formula is C13H19N3O. The van der Waals surface area contributed by atoms with Crippen molar-refractivity contribution in [1.29, 1.82) is 0 Å². The van der Waals surface area contributed by atoms with E-state index < -0.39 is 0 Å². The lowest BCUT2D eigenvalue weighted by atomic mass is 9.96. The lowest BCUT2D eigenvalue weighted by Crippen LogP contribution is -2.49. The molecule has 1 saturated heterocycles. The molecule has 17 heavy (non-hydrogen) atoms. The largest absolute Gasteiger partial charge is 0.337 e. The number of amides is 1. The number of aromatic nitrogens is 1. The van der Waals surface area contributed by atoms with Gasteiger partial charge in [0.25, 0.3) is 5.91 Å². The minimum absolute atomic E-state index is 0.0533. The summed E-state index contributed by atoms with van der Waals surface area (Å²) < 4.78 is 0. The molecule has 1 aromatic heterocycles. The Kier molecular flexibility index (Phi) is 3.43. The molecule has 0 bridgehead atoms. The lowest BCUT2D eigenvalue weighted by Gasteiger charge is -2.35. The number of piperidine rings is 1. The van der Waals surface area contributed by atoms with Gasteiger partial charge in [-0.15, -0.1) is 0 Å². The maximum absolute atomic E-state index is 12.3. The third-order valence-electron chi connectivity index (χ3n) is 3.22. The second-order valence-corrected chi connectivity index (χ2v) is 4.95. The average Bonchev–Trinajstić information content (AvgIpc) is 2.27. The van der Waals surface area contributed by atoms with E-state index in [1.54, 1.807) is 12.3 Å². The van der Waals surface area contributed by atoms with Crippen LogP contribution in [0.15, 0.2) is 18.3 Å². The molecule has 4 heteroatoms. The van der Waals surface area contributed by atoms with E-state index in [1.807, 2.05) is 17.9 Å². The van der Waals surface area contributed by atoms with Crippen molar-refractivity contribution in [2.45, 2.75) is 26.3 Å². The number of hydrogen-bond donors (Lipinski definition) is 1. The highest BCUT2D eigenvalue weighted by atomic mass is 16.2. The number of carbonyl (C=O) groups is 1. The first-order valence-corrected chi connectivity index (χ1v) is 6.04. The Labute approximate surface area is 102 Å². The van der Waals surface area contributed by atoms with Crippen molar-refractivity contribution >= 4 is 5.91 Å². The van der Waals surface area contributed by atoms with Crippen molar-refractivity contribution in [3.05, 3.63) is 29.6 Å². The normalized spacial score (nSPS) is 24.8. The highest BCUT2D eigenvalue weighted by Gasteiger charge is 2.27. The van der Waals surface area contributed by atoms with Gasteiger partial charge in [-0.05, 0) is 31.4 Å². The maximum atomic E-state index is 12.3. The molecule has 92 valence electrons. The van der Waals surface area contributed by atoms with Gasteiger partial charge in [-0.1, -0.05) is 6.92 Å². The Morgan fingerprint density at radius 2 is 2.29 bits per heavy atom. The molecule has 1 aliphatic heterocycles. The predicted molar refractivity (Wildman–Crippen MR) is 66.6 cm³/mol. The van der Waals surface area contributed by atoms with Crippen LogP contribution in [-0.4, -0.2) is 34.9 Å². The smallest absolute Gasteiger partial charge is 0.255 e. The van der Waals surface area contributed by atoms with Crippen molar-refractivity contribution in [1.82, 2.24) is 9.88 Å². The molecule has 1 amide bonds. The first-order chi connectivity index (χ1) is 8.08. The Hall–Kier alpha value is -1.42. The molecule has 0 radical (unpaired) electrons. The zero-order valence-corrected chi connectivity index (χ0v) is 10.4. The van der Waals surface area contributed by atoms with Crippen molar-refractivity contribution < 1.29 is 4.79 Å². The van der Waals surface area contributed by atoms with E-state index in [2.05, 4.69) is 11.9 Å². The number of pyridine rings is 1. The van der Waals surface area contributed by atoms with Gasteiger partial charge in [0.15, 0.2) is 0 Å². The standard InChI is InChI=1S/C13H19N3O/c1-9-6-11(14)8-16(7-9)13(17)12-4-3-5-15-10(12)2/h3-5,9,11H,6-8,14H2,1-2H3. The molecule has 1 aliphatic rings. The molecule has 2 heterocycles. The molecule has 2 rings (SSSR count). The summed E-state index contributed by atoms with van der Waals surface area (Å²) >= 11 is 0. The van der Waals surface area contributed by atoms with Crippen LogP contribution in [0.3, 0.4) is 0 Å². The van der Waals surface area contributed by atoms with Crippen LogP contribution in [0.25, 0.3) is 0 Å². The Morgan fingerprint density at radius 1 is 1.53 bits per heavy atom. The molecular weight excluding hydrogens is 214 g/mol. The molecule has 2 atom stereocenters. The van der Waals surface area contributed by atoms with Crippen LogP contribution in [-0.2, 0) is 0 Å². The zero-order valence-electron chi connectivity index (χ0n) is 10.4. The monoisotopic (exact) mass is 233 g/mol. The summed E-state index contributed by atoms with van der Waals surface area (Å²) in [6, 6.07) is 3.72. The zero-order chi connectivity index (χ0) is 12.4. The van der Waals surface area contributed by atoms with Crippen LogP contribution in [0.5, 0.6) is 0 Å². The van der Waals surface area contributed by atoms with Gasteiger partial charge in [-0.25, -0.2) is 0 Å². The van der Waals surface area contributed by atoms with Gasteiger partial charge in [0.2, 0.25) is 0 Å². The third kappa shape index (κ3) is 2.64. The SMILES string of the molecule is Cc1ncccc1C(=O)N1CC(C)CC(N)C1. The van der Waals surface area contributed by atoms with Crippen LogP contribution in [0.4, 0.5) is 0 Å². The van der Waals surface area contributed by atoms with E-state index in [-0.39, 0.29) is 11.9 Å². The molecule has 0 spiro atoms. The predicted octanol–water partition coefficient (Wildman–Crippen LogP) is 1.20. The molecule has 1 fully saturated rings. The molecule has 0 aromatic carbocycles. The first-order valence-electron chi connectivity index (χ1n) is 6.04. The first kappa shape index (κ1) is 12.0. The van der Waals surface area contributed by atoms with Crippen molar-refractivity contribution in [2.75, 3.05) is 13.1 Å². The van der Waals surface area contributed by atoms with Crippen molar-refractivity contribution in [3.63, 3.8) is 0 Å². The second kappa shape index (κ2) is 4.84. The van der Waals surface area contributed by atoms with Crippen LogP contribution in [0, 0.1) is 12.8 Å². The van der Waals surface area contributed by atoms with E-state index in [9.17, 15) is 4.79 Å². The van der Waals surface area contributed by atoms with E-state index in [4.69, 9.17) is 5.73 Å². The number of nitrogens with zero attached hydrogens (tertiary/aromatic N) is 2. The number of aryl methyl sites for hydroxylation is 1. The Balaban J connectivity index is 2.17. The topological polar surface area (TPSA) is 59.2 Å². The van der Waals surface area contributed by atoms with Crippen LogP contribution in [0.1, 0.15) is 29.4 Å². The van der Waals surface area contributed by atoms with E-state index in [1.165, 1.54) is 0 Å². The van der Waals surface area contributed by atoms with Gasteiger partial charge >= 0.3 is 0 Å². The van der Waals surface area contributed by atoms with Gasteiger partial charge < -0.3 is 10.6 Å². The number of hydrogen-bond acceptors (Lipinski definition) is 3.